The number of hydrogen-bond donors (Lipinski definition) is 1. The summed E-state index contributed by atoms with van der Waals surface area (Å²) in [5.74, 6) is -1.39. The summed E-state index contributed by atoms with van der Waals surface area (Å²) in [7, 11) is 0. The van der Waals surface area contributed by atoms with Crippen LogP contribution in [-0.2, 0) is 0 Å². The molecular formula is C7H9N3O4. The highest BCUT2D eigenvalue weighted by Crippen LogP contribution is 2.18. The van der Waals surface area contributed by atoms with Crippen LogP contribution in [0.2, 0.25) is 0 Å². The summed E-state index contributed by atoms with van der Waals surface area (Å²) in [5.41, 5.74) is -1.00. The predicted octanol–water partition coefficient (Wildman–Crippen LogP) is 1.07. The van der Waals surface area contributed by atoms with Gasteiger partial charge in [0.1, 0.15) is 6.20 Å². The van der Waals surface area contributed by atoms with Crippen LogP contribution in [0.3, 0.4) is 0 Å². The molecule has 0 aliphatic carbocycles. The van der Waals surface area contributed by atoms with Crippen LogP contribution >= 0.6 is 0 Å². The topological polar surface area (TPSA) is 98.3 Å². The van der Waals surface area contributed by atoms with Gasteiger partial charge in [0, 0.05) is 6.04 Å². The fraction of sp³-hybridized carbons (Fsp3) is 0.429. The van der Waals surface area contributed by atoms with Gasteiger partial charge in [-0.1, -0.05) is 0 Å². The Morgan fingerprint density at radius 1 is 1.71 bits per heavy atom. The van der Waals surface area contributed by atoms with E-state index >= 15 is 0 Å². The Morgan fingerprint density at radius 3 is 2.57 bits per heavy atom. The number of aromatic nitrogens is 2. The van der Waals surface area contributed by atoms with Crippen molar-refractivity contribution in [2.75, 3.05) is 0 Å². The Kier molecular flexibility index (Phi) is 2.50. The Hall–Kier alpha value is -1.92. The van der Waals surface area contributed by atoms with Gasteiger partial charge < -0.3 is 5.11 Å². The maximum absolute atomic E-state index is 10.6. The first-order chi connectivity index (χ1) is 6.43. The molecule has 76 valence electrons. The van der Waals surface area contributed by atoms with Gasteiger partial charge in [0.25, 0.3) is 0 Å². The molecular weight excluding hydrogens is 190 g/mol. The van der Waals surface area contributed by atoms with E-state index < -0.39 is 22.3 Å². The van der Waals surface area contributed by atoms with Crippen molar-refractivity contribution in [1.82, 2.24) is 9.78 Å². The lowest BCUT2D eigenvalue weighted by Gasteiger charge is -2.01. The lowest BCUT2D eigenvalue weighted by molar-refractivity contribution is -0.385. The van der Waals surface area contributed by atoms with Crippen LogP contribution in [-0.4, -0.2) is 25.8 Å². The van der Waals surface area contributed by atoms with Gasteiger partial charge in [0.05, 0.1) is 4.92 Å². The van der Waals surface area contributed by atoms with Crippen LogP contribution in [0.4, 0.5) is 5.69 Å². The number of carbonyl (C=O) groups is 1. The predicted molar refractivity (Wildman–Crippen MR) is 46.2 cm³/mol. The van der Waals surface area contributed by atoms with Gasteiger partial charge in [0.2, 0.25) is 5.69 Å². The van der Waals surface area contributed by atoms with Gasteiger partial charge in [-0.05, 0) is 13.8 Å². The molecule has 0 saturated carbocycles. The molecule has 0 amide bonds. The van der Waals surface area contributed by atoms with Gasteiger partial charge in [-0.15, -0.1) is 0 Å². The highest BCUT2D eigenvalue weighted by molar-refractivity contribution is 5.89. The maximum atomic E-state index is 10.6. The van der Waals surface area contributed by atoms with Crippen LogP contribution in [0.15, 0.2) is 6.20 Å². The zero-order valence-electron chi connectivity index (χ0n) is 7.67. The Bertz CT molecular complexity index is 351. The average molecular weight is 199 g/mol. The van der Waals surface area contributed by atoms with Gasteiger partial charge in [-0.2, -0.15) is 5.10 Å². The number of hydrogen-bond acceptors (Lipinski definition) is 4. The second kappa shape index (κ2) is 3.44. The van der Waals surface area contributed by atoms with Crippen LogP contribution in [0.25, 0.3) is 0 Å². The molecule has 0 bridgehead atoms. The van der Waals surface area contributed by atoms with Crippen LogP contribution < -0.4 is 0 Å². The standard InChI is InChI=1S/C7H9N3O4/c1-4(2)9-3-5(10(13)14)6(8-9)7(11)12/h3-4H,1-2H3,(H,11,12). The molecule has 1 aromatic heterocycles. The molecule has 7 nitrogen and oxygen atoms in total. The van der Waals surface area contributed by atoms with E-state index in [1.807, 2.05) is 0 Å². The minimum atomic E-state index is -1.39. The smallest absolute Gasteiger partial charge is 0.363 e. The number of nitrogens with zero attached hydrogens (tertiary/aromatic N) is 3. The van der Waals surface area contributed by atoms with Crippen molar-refractivity contribution in [2.24, 2.45) is 0 Å². The van der Waals surface area contributed by atoms with Crippen molar-refractivity contribution in [3.63, 3.8) is 0 Å². The first kappa shape index (κ1) is 10.2. The largest absolute Gasteiger partial charge is 0.476 e. The summed E-state index contributed by atoms with van der Waals surface area (Å²) in [4.78, 5) is 20.3. The molecule has 0 atom stereocenters. The summed E-state index contributed by atoms with van der Waals surface area (Å²) < 4.78 is 1.25. The molecule has 0 radical (unpaired) electrons. The number of carboxylic acids is 1. The van der Waals surface area contributed by atoms with E-state index in [1.165, 1.54) is 4.68 Å². The van der Waals surface area contributed by atoms with Crippen molar-refractivity contribution < 1.29 is 14.8 Å². The molecule has 1 heterocycles. The molecule has 0 aromatic carbocycles. The Labute approximate surface area is 79.1 Å². The lowest BCUT2D eigenvalue weighted by Crippen LogP contribution is -2.05. The molecule has 0 aliphatic heterocycles. The molecule has 0 spiro atoms. The molecule has 14 heavy (non-hydrogen) atoms. The van der Waals surface area contributed by atoms with E-state index in [2.05, 4.69) is 5.10 Å². The second-order valence-corrected chi connectivity index (χ2v) is 3.00. The van der Waals surface area contributed by atoms with Crippen LogP contribution in [0, 0.1) is 10.1 Å². The number of aromatic carboxylic acids is 1. The van der Waals surface area contributed by atoms with Crippen molar-refractivity contribution in [3.8, 4) is 0 Å². The number of rotatable bonds is 3. The fourth-order valence-electron chi connectivity index (χ4n) is 0.932. The second-order valence-electron chi connectivity index (χ2n) is 3.00. The third-order valence-electron chi connectivity index (χ3n) is 1.64. The molecule has 0 saturated heterocycles. The third-order valence-corrected chi connectivity index (χ3v) is 1.64. The summed E-state index contributed by atoms with van der Waals surface area (Å²) >= 11 is 0. The van der Waals surface area contributed by atoms with E-state index in [4.69, 9.17) is 5.11 Å². The lowest BCUT2D eigenvalue weighted by atomic mass is 10.4. The molecule has 0 aliphatic rings. The summed E-state index contributed by atoms with van der Waals surface area (Å²) in [5, 5.41) is 22.7. The van der Waals surface area contributed by atoms with Crippen LogP contribution in [0.5, 0.6) is 0 Å². The third kappa shape index (κ3) is 1.70. The van der Waals surface area contributed by atoms with E-state index in [0.29, 0.717) is 0 Å². The summed E-state index contributed by atoms with van der Waals surface area (Å²) in [6, 6.07) is -0.109. The molecule has 1 N–H and O–H groups in total. The van der Waals surface area contributed by atoms with Gasteiger partial charge >= 0.3 is 11.7 Å². The minimum Gasteiger partial charge on any atom is -0.476 e. The van der Waals surface area contributed by atoms with E-state index in [-0.39, 0.29) is 6.04 Å². The highest BCUT2D eigenvalue weighted by Gasteiger charge is 2.25. The van der Waals surface area contributed by atoms with E-state index in [0.717, 1.165) is 6.20 Å². The number of nitro groups is 1. The molecule has 7 heteroatoms. The minimum absolute atomic E-state index is 0.109. The normalized spacial score (nSPS) is 10.5. The van der Waals surface area contributed by atoms with Crippen molar-refractivity contribution in [1.29, 1.82) is 0 Å². The summed E-state index contributed by atoms with van der Waals surface area (Å²) in [6.07, 6.45) is 1.12. The Morgan fingerprint density at radius 2 is 2.29 bits per heavy atom. The zero-order valence-corrected chi connectivity index (χ0v) is 7.67. The fourth-order valence-corrected chi connectivity index (χ4v) is 0.932. The highest BCUT2D eigenvalue weighted by atomic mass is 16.6. The van der Waals surface area contributed by atoms with Crippen molar-refractivity contribution in [3.05, 3.63) is 22.0 Å². The quantitative estimate of drug-likeness (QED) is 0.579. The van der Waals surface area contributed by atoms with Gasteiger partial charge in [0.15, 0.2) is 0 Å². The Balaban J connectivity index is 3.26. The molecule has 1 aromatic rings. The van der Waals surface area contributed by atoms with Crippen LogP contribution in [0.1, 0.15) is 30.4 Å². The monoisotopic (exact) mass is 199 g/mol. The van der Waals surface area contributed by atoms with Gasteiger partial charge in [-0.3, -0.25) is 14.8 Å². The SMILES string of the molecule is CC(C)n1cc([N+](=O)[O-])c(C(=O)O)n1. The van der Waals surface area contributed by atoms with Gasteiger partial charge in [-0.25, -0.2) is 4.79 Å². The van der Waals surface area contributed by atoms with E-state index in [9.17, 15) is 14.9 Å². The first-order valence-electron chi connectivity index (χ1n) is 3.90. The average Bonchev–Trinajstić information content (AvgIpc) is 2.47. The maximum Gasteiger partial charge on any atom is 0.363 e. The molecule has 0 unspecified atom stereocenters. The first-order valence-corrected chi connectivity index (χ1v) is 3.90. The molecule has 1 rings (SSSR count). The zero-order chi connectivity index (χ0) is 10.9. The summed E-state index contributed by atoms with van der Waals surface area (Å²) in [6.45, 7) is 3.50. The molecule has 0 fully saturated rings. The van der Waals surface area contributed by atoms with Crippen molar-refractivity contribution in [2.45, 2.75) is 19.9 Å². The van der Waals surface area contributed by atoms with Crippen molar-refractivity contribution >= 4 is 11.7 Å². The van der Waals surface area contributed by atoms with E-state index in [1.54, 1.807) is 13.8 Å². The number of carboxylic acid groups (broad SMARTS) is 1.